The van der Waals surface area contributed by atoms with E-state index in [1.54, 1.807) is 0 Å². The van der Waals surface area contributed by atoms with Crippen LogP contribution in [0.2, 0.25) is 0 Å². The van der Waals surface area contributed by atoms with Crippen molar-refractivity contribution in [3.05, 3.63) is 12.2 Å². The summed E-state index contributed by atoms with van der Waals surface area (Å²) in [6, 6.07) is 0. The van der Waals surface area contributed by atoms with Gasteiger partial charge in [0, 0.05) is 19.0 Å². The molecule has 1 heterocycles. The Morgan fingerprint density at radius 1 is 1.30 bits per heavy atom. The highest BCUT2D eigenvalue weighted by Crippen LogP contribution is 2.44. The zero-order valence-corrected chi connectivity index (χ0v) is 12.1. The molecule has 0 N–H and O–H groups in total. The molecule has 0 radical (unpaired) electrons. The van der Waals surface area contributed by atoms with Gasteiger partial charge in [0.25, 0.3) is 0 Å². The number of carbonyl (C=O) groups is 2. The highest BCUT2D eigenvalue weighted by atomic mass is 16.5. The van der Waals surface area contributed by atoms with Crippen LogP contribution in [0.25, 0.3) is 0 Å². The van der Waals surface area contributed by atoms with E-state index in [0.29, 0.717) is 25.0 Å². The number of allylic oxidation sites excluding steroid dienone is 2. The molecule has 3 aliphatic rings. The molecule has 1 amide bonds. The number of hydrogen-bond acceptors (Lipinski definition) is 3. The third-order valence-corrected chi connectivity index (χ3v) is 4.95. The standard InChI is InChI=1S/C16H23NO3/c1-2-20-16(19)13-4-3-7-17(10-13)15(18)14-9-11-5-6-12(14)8-11/h5-6,11-14H,2-4,7-10H2,1H3/t11?,12?,13-,14?/m1/s1. The topological polar surface area (TPSA) is 46.6 Å². The first-order valence-corrected chi connectivity index (χ1v) is 7.82. The van der Waals surface area contributed by atoms with Crippen molar-refractivity contribution in [1.29, 1.82) is 0 Å². The van der Waals surface area contributed by atoms with E-state index < -0.39 is 0 Å². The minimum Gasteiger partial charge on any atom is -0.466 e. The van der Waals surface area contributed by atoms with Gasteiger partial charge in [0.1, 0.15) is 0 Å². The first-order valence-electron chi connectivity index (χ1n) is 7.82. The molecule has 1 aliphatic heterocycles. The zero-order valence-electron chi connectivity index (χ0n) is 12.1. The van der Waals surface area contributed by atoms with E-state index in [1.165, 1.54) is 0 Å². The normalized spacial score (nSPS) is 35.4. The summed E-state index contributed by atoms with van der Waals surface area (Å²) >= 11 is 0. The molecule has 0 spiro atoms. The van der Waals surface area contributed by atoms with Crippen LogP contribution < -0.4 is 0 Å². The number of hydrogen-bond donors (Lipinski definition) is 0. The first kappa shape index (κ1) is 13.7. The summed E-state index contributed by atoms with van der Waals surface area (Å²) in [7, 11) is 0. The summed E-state index contributed by atoms with van der Waals surface area (Å²) in [5.41, 5.74) is 0. The van der Waals surface area contributed by atoms with Crippen LogP contribution in [0.3, 0.4) is 0 Å². The number of ether oxygens (including phenoxy) is 1. The number of esters is 1. The van der Waals surface area contributed by atoms with Crippen LogP contribution in [0.5, 0.6) is 0 Å². The van der Waals surface area contributed by atoms with Crippen molar-refractivity contribution in [2.75, 3.05) is 19.7 Å². The van der Waals surface area contributed by atoms with E-state index in [0.717, 1.165) is 32.2 Å². The fourth-order valence-corrected chi connectivity index (χ4v) is 3.93. The lowest BCUT2D eigenvalue weighted by Crippen LogP contribution is -2.46. The van der Waals surface area contributed by atoms with Crippen molar-refractivity contribution in [3.8, 4) is 0 Å². The fourth-order valence-electron chi connectivity index (χ4n) is 3.93. The second kappa shape index (κ2) is 5.58. The quantitative estimate of drug-likeness (QED) is 0.585. The molecule has 1 saturated carbocycles. The molecule has 2 aliphatic carbocycles. The van der Waals surface area contributed by atoms with Crippen molar-refractivity contribution >= 4 is 11.9 Å². The molecule has 2 bridgehead atoms. The molecule has 3 rings (SSSR count). The molecule has 0 aromatic heterocycles. The van der Waals surface area contributed by atoms with Crippen molar-refractivity contribution in [3.63, 3.8) is 0 Å². The van der Waals surface area contributed by atoms with Crippen LogP contribution >= 0.6 is 0 Å². The molecule has 4 atom stereocenters. The number of amides is 1. The van der Waals surface area contributed by atoms with E-state index in [-0.39, 0.29) is 23.7 Å². The maximum Gasteiger partial charge on any atom is 0.310 e. The van der Waals surface area contributed by atoms with Crippen LogP contribution in [0, 0.1) is 23.7 Å². The van der Waals surface area contributed by atoms with E-state index in [9.17, 15) is 9.59 Å². The lowest BCUT2D eigenvalue weighted by atomic mass is 9.90. The van der Waals surface area contributed by atoms with Crippen LogP contribution in [-0.2, 0) is 14.3 Å². The Bertz CT molecular complexity index is 431. The van der Waals surface area contributed by atoms with Gasteiger partial charge in [-0.05, 0) is 44.4 Å². The van der Waals surface area contributed by atoms with Gasteiger partial charge in [0.2, 0.25) is 5.91 Å². The van der Waals surface area contributed by atoms with Gasteiger partial charge in [-0.1, -0.05) is 12.2 Å². The highest BCUT2D eigenvalue weighted by molar-refractivity contribution is 5.81. The average Bonchev–Trinajstić information content (AvgIpc) is 3.09. The Labute approximate surface area is 120 Å². The maximum absolute atomic E-state index is 12.7. The van der Waals surface area contributed by atoms with Crippen molar-refractivity contribution in [2.24, 2.45) is 23.7 Å². The molecular formula is C16H23NO3. The molecule has 20 heavy (non-hydrogen) atoms. The third kappa shape index (κ3) is 2.48. The largest absolute Gasteiger partial charge is 0.466 e. The van der Waals surface area contributed by atoms with Crippen LogP contribution in [0.1, 0.15) is 32.6 Å². The van der Waals surface area contributed by atoms with Crippen LogP contribution in [-0.4, -0.2) is 36.5 Å². The third-order valence-electron chi connectivity index (χ3n) is 4.95. The van der Waals surface area contributed by atoms with Crippen molar-refractivity contribution < 1.29 is 14.3 Å². The molecular weight excluding hydrogens is 254 g/mol. The Morgan fingerprint density at radius 2 is 2.15 bits per heavy atom. The summed E-state index contributed by atoms with van der Waals surface area (Å²) in [6.45, 7) is 3.59. The Morgan fingerprint density at radius 3 is 2.80 bits per heavy atom. The molecule has 3 unspecified atom stereocenters. The Balaban J connectivity index is 1.60. The predicted octanol–water partition coefficient (Wildman–Crippen LogP) is 2.00. The van der Waals surface area contributed by atoms with Gasteiger partial charge in [0.05, 0.1) is 12.5 Å². The van der Waals surface area contributed by atoms with E-state index in [2.05, 4.69) is 12.2 Å². The lowest BCUT2D eigenvalue weighted by molar-refractivity contribution is -0.152. The fraction of sp³-hybridized carbons (Fsp3) is 0.750. The summed E-state index contributed by atoms with van der Waals surface area (Å²) < 4.78 is 5.10. The number of piperidine rings is 1. The molecule has 110 valence electrons. The summed E-state index contributed by atoms with van der Waals surface area (Å²) in [5.74, 6) is 1.21. The zero-order chi connectivity index (χ0) is 14.1. The summed E-state index contributed by atoms with van der Waals surface area (Å²) in [4.78, 5) is 26.4. The van der Waals surface area contributed by atoms with E-state index >= 15 is 0 Å². The van der Waals surface area contributed by atoms with Gasteiger partial charge < -0.3 is 9.64 Å². The minimum atomic E-state index is -0.141. The van der Waals surface area contributed by atoms with Gasteiger partial charge in [-0.15, -0.1) is 0 Å². The number of carbonyl (C=O) groups excluding carboxylic acids is 2. The first-order chi connectivity index (χ1) is 9.69. The van der Waals surface area contributed by atoms with Gasteiger partial charge in [-0.3, -0.25) is 9.59 Å². The van der Waals surface area contributed by atoms with E-state index in [4.69, 9.17) is 4.74 Å². The van der Waals surface area contributed by atoms with E-state index in [1.807, 2.05) is 11.8 Å². The van der Waals surface area contributed by atoms with Crippen LogP contribution in [0.15, 0.2) is 12.2 Å². The lowest BCUT2D eigenvalue weighted by Gasteiger charge is -2.34. The predicted molar refractivity (Wildman–Crippen MR) is 74.8 cm³/mol. The molecule has 2 fully saturated rings. The molecule has 4 nitrogen and oxygen atoms in total. The molecule has 0 aromatic rings. The second-order valence-electron chi connectivity index (χ2n) is 6.26. The van der Waals surface area contributed by atoms with Gasteiger partial charge in [0.15, 0.2) is 0 Å². The second-order valence-corrected chi connectivity index (χ2v) is 6.26. The Hall–Kier alpha value is -1.32. The molecule has 0 aromatic carbocycles. The van der Waals surface area contributed by atoms with Gasteiger partial charge in [-0.25, -0.2) is 0 Å². The van der Waals surface area contributed by atoms with Gasteiger partial charge >= 0.3 is 5.97 Å². The van der Waals surface area contributed by atoms with Gasteiger partial charge in [-0.2, -0.15) is 0 Å². The molecule has 1 saturated heterocycles. The van der Waals surface area contributed by atoms with Crippen molar-refractivity contribution in [2.45, 2.75) is 32.6 Å². The number of nitrogens with zero attached hydrogens (tertiary/aromatic N) is 1. The van der Waals surface area contributed by atoms with Crippen LogP contribution in [0.4, 0.5) is 0 Å². The number of rotatable bonds is 3. The number of likely N-dealkylation sites (tertiary alicyclic amines) is 1. The number of fused-ring (bicyclic) bond motifs is 2. The summed E-state index contributed by atoms with van der Waals surface area (Å²) in [5, 5.41) is 0. The Kier molecular flexibility index (Phi) is 3.81. The summed E-state index contributed by atoms with van der Waals surface area (Å²) in [6.07, 6.45) is 8.37. The monoisotopic (exact) mass is 277 g/mol. The highest BCUT2D eigenvalue weighted by Gasteiger charge is 2.42. The average molecular weight is 277 g/mol. The SMILES string of the molecule is CCOC(=O)[C@@H]1CCCN(C(=O)C2CC3C=CC2C3)C1. The minimum absolute atomic E-state index is 0.123. The smallest absolute Gasteiger partial charge is 0.310 e. The van der Waals surface area contributed by atoms with Crippen molar-refractivity contribution in [1.82, 2.24) is 4.90 Å². The molecule has 4 heteroatoms. The maximum atomic E-state index is 12.7.